The summed E-state index contributed by atoms with van der Waals surface area (Å²) in [5.41, 5.74) is -2.50. The van der Waals surface area contributed by atoms with Gasteiger partial charge in [-0.1, -0.05) is 0 Å². The molecule has 2 aliphatic rings. The van der Waals surface area contributed by atoms with Crippen molar-refractivity contribution in [3.8, 4) is 0 Å². The van der Waals surface area contributed by atoms with Crippen molar-refractivity contribution in [2.24, 2.45) is 5.92 Å². The molecule has 1 aliphatic carbocycles. The van der Waals surface area contributed by atoms with E-state index in [9.17, 15) is 37.3 Å². The van der Waals surface area contributed by atoms with Crippen LogP contribution in [0, 0.1) is 21.8 Å². The molecular formula is C21H26F4N4O5. The molecule has 9 nitrogen and oxygen atoms in total. The van der Waals surface area contributed by atoms with Gasteiger partial charge in [0.1, 0.15) is 23.3 Å². The van der Waals surface area contributed by atoms with Crippen molar-refractivity contribution in [3.05, 3.63) is 33.6 Å². The first-order chi connectivity index (χ1) is 15.8. The number of hydrogen-bond acceptors (Lipinski definition) is 6. The summed E-state index contributed by atoms with van der Waals surface area (Å²) in [6.07, 6.45) is -4.87. The highest BCUT2D eigenvalue weighted by Crippen LogP contribution is 2.40. The normalized spacial score (nSPS) is 24.5. The number of benzene rings is 1. The molecule has 1 aromatic rings. The zero-order valence-corrected chi connectivity index (χ0v) is 18.8. The Morgan fingerprint density at radius 1 is 1.26 bits per heavy atom. The average Bonchev–Trinajstić information content (AvgIpc) is 3.47. The van der Waals surface area contributed by atoms with Gasteiger partial charge in [0.25, 0.3) is 11.6 Å². The third kappa shape index (κ3) is 6.06. The van der Waals surface area contributed by atoms with E-state index in [1.807, 2.05) is 0 Å². The smallest absolute Gasteiger partial charge is 0.410 e. The lowest BCUT2D eigenvalue weighted by Crippen LogP contribution is -2.55. The van der Waals surface area contributed by atoms with Gasteiger partial charge in [-0.15, -0.1) is 0 Å². The molecule has 1 aromatic carbocycles. The number of nitro benzene ring substituents is 1. The van der Waals surface area contributed by atoms with E-state index in [-0.39, 0.29) is 31.6 Å². The molecular weight excluding hydrogens is 464 g/mol. The van der Waals surface area contributed by atoms with Crippen LogP contribution in [0.15, 0.2) is 12.1 Å². The number of nitrogens with zero attached hydrogens (tertiary/aromatic N) is 2. The van der Waals surface area contributed by atoms with Crippen LogP contribution in [0.3, 0.4) is 0 Å². The fourth-order valence-electron chi connectivity index (χ4n) is 3.66. The molecule has 188 valence electrons. The van der Waals surface area contributed by atoms with Gasteiger partial charge in [0.2, 0.25) is 6.43 Å². The Bertz CT molecular complexity index is 971. The van der Waals surface area contributed by atoms with Crippen molar-refractivity contribution in [3.63, 3.8) is 0 Å². The summed E-state index contributed by atoms with van der Waals surface area (Å²) in [6, 6.07) is -0.571. The van der Waals surface area contributed by atoms with Crippen molar-refractivity contribution < 1.29 is 36.8 Å². The van der Waals surface area contributed by atoms with Crippen molar-refractivity contribution in [1.82, 2.24) is 10.2 Å². The highest BCUT2D eigenvalue weighted by Gasteiger charge is 2.45. The zero-order chi connectivity index (χ0) is 25.4. The Labute approximate surface area is 193 Å². The molecule has 1 saturated carbocycles. The van der Waals surface area contributed by atoms with Crippen LogP contribution in [0.2, 0.25) is 0 Å². The first-order valence-electron chi connectivity index (χ1n) is 10.7. The minimum Gasteiger partial charge on any atom is -0.444 e. The third-order valence-electron chi connectivity index (χ3n) is 5.53. The number of halogens is 4. The third-order valence-corrected chi connectivity index (χ3v) is 5.53. The van der Waals surface area contributed by atoms with Crippen molar-refractivity contribution in [2.75, 3.05) is 18.4 Å². The number of rotatable bonds is 6. The van der Waals surface area contributed by atoms with E-state index in [4.69, 9.17) is 4.74 Å². The molecule has 0 spiro atoms. The lowest BCUT2D eigenvalue weighted by molar-refractivity contribution is -0.384. The van der Waals surface area contributed by atoms with Crippen LogP contribution in [0.1, 0.15) is 44.0 Å². The van der Waals surface area contributed by atoms with Gasteiger partial charge in [-0.05, 0) is 33.6 Å². The first-order valence-corrected chi connectivity index (χ1v) is 10.7. The predicted molar refractivity (Wildman–Crippen MR) is 113 cm³/mol. The second kappa shape index (κ2) is 9.63. The van der Waals surface area contributed by atoms with Gasteiger partial charge in [-0.2, -0.15) is 0 Å². The molecule has 1 heterocycles. The van der Waals surface area contributed by atoms with Crippen LogP contribution < -0.4 is 10.6 Å². The fraction of sp³-hybridized carbons (Fsp3) is 0.619. The van der Waals surface area contributed by atoms with Gasteiger partial charge < -0.3 is 20.3 Å². The molecule has 1 saturated heterocycles. The van der Waals surface area contributed by atoms with E-state index in [2.05, 4.69) is 10.6 Å². The lowest BCUT2D eigenvalue weighted by Gasteiger charge is -2.36. The van der Waals surface area contributed by atoms with Gasteiger partial charge >= 0.3 is 6.09 Å². The number of carbonyl (C=O) groups excluding carboxylic acids is 2. The number of hydrogen-bond donors (Lipinski definition) is 2. The molecule has 0 unspecified atom stereocenters. The minimum absolute atomic E-state index is 0.0590. The maximum atomic E-state index is 14.7. The molecule has 13 heteroatoms. The number of anilines is 1. The second-order valence-corrected chi connectivity index (χ2v) is 9.40. The number of likely N-dealkylation sites (tertiary alicyclic amines) is 1. The summed E-state index contributed by atoms with van der Waals surface area (Å²) in [4.78, 5) is 36.7. The fourth-order valence-corrected chi connectivity index (χ4v) is 3.66. The molecule has 0 bridgehead atoms. The standard InChI is InChI=1S/C21H26F4N4O5/c1-21(2,3)34-20(31)28-5-4-12(22)16(9-28)27-19(30)10-7-17(29(32)33)15(8-13(10)23)26-14-6-11(14)18(24)25/h7-8,11-12,14,16,18,26H,4-6,9H2,1-3H3,(H,27,30)/t11-,12-,14+,16-/m0/s1. The van der Waals surface area contributed by atoms with E-state index in [1.54, 1.807) is 20.8 Å². The Balaban J connectivity index is 1.73. The van der Waals surface area contributed by atoms with Gasteiger partial charge in [-0.3, -0.25) is 14.9 Å². The highest BCUT2D eigenvalue weighted by molar-refractivity contribution is 5.96. The molecule has 4 atom stereocenters. The Kier molecular flexibility index (Phi) is 7.22. The maximum absolute atomic E-state index is 14.7. The van der Waals surface area contributed by atoms with E-state index in [0.29, 0.717) is 12.1 Å². The SMILES string of the molecule is CC(C)(C)OC(=O)N1CC[C@H](F)[C@@H](NC(=O)c2cc([N+](=O)[O-])c(N[C@@H]3C[C@@H]3C(F)F)cc2F)C1. The molecule has 3 rings (SSSR count). The number of nitro groups is 1. The summed E-state index contributed by atoms with van der Waals surface area (Å²) < 4.78 is 59.8. The van der Waals surface area contributed by atoms with Crippen molar-refractivity contribution in [2.45, 2.75) is 63.9 Å². The van der Waals surface area contributed by atoms with Gasteiger partial charge in [-0.25, -0.2) is 22.4 Å². The second-order valence-electron chi connectivity index (χ2n) is 9.40. The summed E-state index contributed by atoms with van der Waals surface area (Å²) in [5.74, 6) is -3.25. The maximum Gasteiger partial charge on any atom is 0.410 e. The summed E-state index contributed by atoms with van der Waals surface area (Å²) in [5, 5.41) is 16.3. The molecule has 0 aromatic heterocycles. The van der Waals surface area contributed by atoms with Crippen LogP contribution in [-0.2, 0) is 4.74 Å². The van der Waals surface area contributed by atoms with Crippen LogP contribution in [-0.4, -0.2) is 65.2 Å². The molecule has 1 aliphatic heterocycles. The number of nitrogens with one attached hydrogen (secondary N) is 2. The number of carbonyl (C=O) groups is 2. The number of piperidine rings is 1. The molecule has 2 N–H and O–H groups in total. The number of ether oxygens (including phenoxy) is 1. The minimum atomic E-state index is -2.61. The Morgan fingerprint density at radius 3 is 2.50 bits per heavy atom. The quantitative estimate of drug-likeness (QED) is 0.356. The topological polar surface area (TPSA) is 114 Å². The van der Waals surface area contributed by atoms with E-state index in [0.717, 1.165) is 0 Å². The van der Waals surface area contributed by atoms with Crippen LogP contribution in [0.5, 0.6) is 0 Å². The van der Waals surface area contributed by atoms with E-state index >= 15 is 0 Å². The van der Waals surface area contributed by atoms with Crippen LogP contribution in [0.4, 0.5) is 33.7 Å². The van der Waals surface area contributed by atoms with Crippen molar-refractivity contribution in [1.29, 1.82) is 0 Å². The molecule has 2 amide bonds. The Hall–Kier alpha value is -3.12. The molecule has 2 fully saturated rings. The van der Waals surface area contributed by atoms with E-state index < -0.39 is 70.2 Å². The number of amides is 2. The summed E-state index contributed by atoms with van der Waals surface area (Å²) in [6.45, 7) is 4.82. The predicted octanol–water partition coefficient (Wildman–Crippen LogP) is 3.88. The van der Waals surface area contributed by atoms with E-state index in [1.165, 1.54) is 4.90 Å². The van der Waals surface area contributed by atoms with Crippen molar-refractivity contribution >= 4 is 23.4 Å². The monoisotopic (exact) mass is 490 g/mol. The summed E-state index contributed by atoms with van der Waals surface area (Å²) in [7, 11) is 0. The number of alkyl halides is 3. The molecule has 0 radical (unpaired) electrons. The van der Waals surface area contributed by atoms with Gasteiger partial charge in [0, 0.05) is 37.2 Å². The Morgan fingerprint density at radius 2 is 1.94 bits per heavy atom. The van der Waals surface area contributed by atoms with Crippen LogP contribution >= 0.6 is 0 Å². The summed E-state index contributed by atoms with van der Waals surface area (Å²) >= 11 is 0. The lowest BCUT2D eigenvalue weighted by atomic mass is 10.0. The largest absolute Gasteiger partial charge is 0.444 e. The molecule has 34 heavy (non-hydrogen) atoms. The zero-order valence-electron chi connectivity index (χ0n) is 18.8. The first kappa shape index (κ1) is 25.5. The van der Waals surface area contributed by atoms with Gasteiger partial charge in [0.15, 0.2) is 0 Å². The van der Waals surface area contributed by atoms with Gasteiger partial charge in [0.05, 0.1) is 16.5 Å². The van der Waals surface area contributed by atoms with Crippen LogP contribution in [0.25, 0.3) is 0 Å². The average molecular weight is 490 g/mol. The highest BCUT2D eigenvalue weighted by atomic mass is 19.3.